The van der Waals surface area contributed by atoms with Gasteiger partial charge < -0.3 is 0 Å². The van der Waals surface area contributed by atoms with Gasteiger partial charge in [0.15, 0.2) is 0 Å². The zero-order valence-electron chi connectivity index (χ0n) is 11.2. The van der Waals surface area contributed by atoms with E-state index < -0.39 is 0 Å². The molecular weight excluding hydrogens is 274 g/mol. The van der Waals surface area contributed by atoms with Crippen molar-refractivity contribution in [2.45, 2.75) is 18.8 Å². The molecule has 0 bridgehead atoms. The van der Waals surface area contributed by atoms with Crippen LogP contribution in [0.1, 0.15) is 24.3 Å². The number of aliphatic imine (C=N–C) groups is 2. The van der Waals surface area contributed by atoms with E-state index in [2.05, 4.69) is 45.2 Å². The summed E-state index contributed by atoms with van der Waals surface area (Å²) < 4.78 is 0. The molecule has 2 aliphatic rings. The van der Waals surface area contributed by atoms with Crippen LogP contribution in [-0.2, 0) is 0 Å². The third kappa shape index (κ3) is 3.52. The van der Waals surface area contributed by atoms with Crippen LogP contribution in [0.15, 0.2) is 40.3 Å². The fraction of sp³-hybridized carbons (Fsp3) is 0.400. The molecule has 0 atom stereocenters. The van der Waals surface area contributed by atoms with E-state index in [1.54, 1.807) is 6.21 Å². The Labute approximate surface area is 125 Å². The second-order valence-electron chi connectivity index (χ2n) is 5.11. The summed E-state index contributed by atoms with van der Waals surface area (Å²) in [6.07, 6.45) is 3.93. The molecule has 2 heterocycles. The number of halogens is 1. The van der Waals surface area contributed by atoms with Crippen molar-refractivity contribution in [3.8, 4) is 0 Å². The lowest BCUT2D eigenvalue weighted by Crippen LogP contribution is -2.36. The topological polar surface area (TPSA) is 45.0 Å². The molecule has 20 heavy (non-hydrogen) atoms. The Hall–Kier alpha value is -1.52. The summed E-state index contributed by atoms with van der Waals surface area (Å²) >= 11 is 0. The van der Waals surface area contributed by atoms with Gasteiger partial charge in [-0.25, -0.2) is 4.79 Å². The number of nitrogens with zero attached hydrogens (tertiary/aromatic N) is 3. The summed E-state index contributed by atoms with van der Waals surface area (Å²) in [5.41, 5.74) is 2.24. The summed E-state index contributed by atoms with van der Waals surface area (Å²) in [4.78, 5) is 20.8. The molecule has 1 saturated heterocycles. The predicted octanol–water partition coefficient (Wildman–Crippen LogP) is 2.93. The Morgan fingerprint density at radius 3 is 2.45 bits per heavy atom. The van der Waals surface area contributed by atoms with E-state index in [9.17, 15) is 4.79 Å². The first kappa shape index (κ1) is 14.9. The van der Waals surface area contributed by atoms with Gasteiger partial charge in [0.2, 0.25) is 0 Å². The third-order valence-corrected chi connectivity index (χ3v) is 3.81. The number of hydrogen-bond acceptors (Lipinski definition) is 2. The molecule has 0 saturated carbocycles. The maximum atomic E-state index is 10.9. The Morgan fingerprint density at radius 1 is 1.15 bits per heavy atom. The van der Waals surface area contributed by atoms with Crippen LogP contribution in [0.2, 0.25) is 0 Å². The van der Waals surface area contributed by atoms with Crippen LogP contribution in [0.5, 0.6) is 0 Å². The highest BCUT2D eigenvalue weighted by Crippen LogP contribution is 2.27. The zero-order valence-corrected chi connectivity index (χ0v) is 12.1. The van der Waals surface area contributed by atoms with Crippen molar-refractivity contribution in [1.82, 2.24) is 4.90 Å². The summed E-state index contributed by atoms with van der Waals surface area (Å²) in [6.45, 7) is 2.86. The number of carbonyl (C=O) groups is 1. The SMILES string of the molecule is Cl.O=C1N=CC(CN2CCC(c3ccccc3)CC2)=N1. The van der Waals surface area contributed by atoms with Gasteiger partial charge in [-0.15, -0.1) is 12.4 Å². The minimum atomic E-state index is -0.367. The van der Waals surface area contributed by atoms with Crippen molar-refractivity contribution in [3.63, 3.8) is 0 Å². The molecule has 0 spiro atoms. The van der Waals surface area contributed by atoms with E-state index in [0.29, 0.717) is 5.92 Å². The normalized spacial score (nSPS) is 19.8. The first-order valence-electron chi connectivity index (χ1n) is 6.74. The Morgan fingerprint density at radius 2 is 1.85 bits per heavy atom. The van der Waals surface area contributed by atoms with Crippen LogP contribution in [0.4, 0.5) is 4.79 Å². The quantitative estimate of drug-likeness (QED) is 0.859. The van der Waals surface area contributed by atoms with Crippen LogP contribution < -0.4 is 0 Å². The van der Waals surface area contributed by atoms with Crippen molar-refractivity contribution >= 4 is 30.4 Å². The second-order valence-corrected chi connectivity index (χ2v) is 5.11. The lowest BCUT2D eigenvalue weighted by Gasteiger charge is -2.31. The highest BCUT2D eigenvalue weighted by molar-refractivity contribution is 6.38. The van der Waals surface area contributed by atoms with Gasteiger partial charge in [-0.2, -0.15) is 9.98 Å². The number of likely N-dealkylation sites (tertiary alicyclic amines) is 1. The molecule has 0 radical (unpaired) electrons. The largest absolute Gasteiger partial charge is 0.367 e. The number of piperidine rings is 1. The zero-order chi connectivity index (χ0) is 13.1. The number of rotatable bonds is 3. The molecular formula is C15H18ClN3O. The van der Waals surface area contributed by atoms with Crippen LogP contribution in [-0.4, -0.2) is 42.5 Å². The van der Waals surface area contributed by atoms with E-state index in [1.807, 2.05) is 0 Å². The minimum Gasteiger partial charge on any atom is -0.297 e. The third-order valence-electron chi connectivity index (χ3n) is 3.81. The number of urea groups is 1. The highest BCUT2D eigenvalue weighted by atomic mass is 35.5. The van der Waals surface area contributed by atoms with Gasteiger partial charge in [-0.3, -0.25) is 4.90 Å². The van der Waals surface area contributed by atoms with Crippen LogP contribution in [0.25, 0.3) is 0 Å². The Balaban J connectivity index is 0.00000147. The molecule has 0 unspecified atom stereocenters. The Kier molecular flexibility index (Phi) is 5.04. The van der Waals surface area contributed by atoms with Crippen molar-refractivity contribution in [2.24, 2.45) is 9.98 Å². The van der Waals surface area contributed by atoms with Gasteiger partial charge in [0.05, 0.1) is 11.9 Å². The first-order valence-corrected chi connectivity index (χ1v) is 6.74. The standard InChI is InChI=1S/C15H17N3O.ClH/c19-15-16-10-14(17-15)11-18-8-6-13(7-9-18)12-4-2-1-3-5-12;/h1-5,10,13H,6-9,11H2;1H. The lowest BCUT2D eigenvalue weighted by atomic mass is 9.89. The molecule has 5 heteroatoms. The van der Waals surface area contributed by atoms with Gasteiger partial charge in [0.1, 0.15) is 0 Å². The lowest BCUT2D eigenvalue weighted by molar-refractivity contribution is 0.239. The van der Waals surface area contributed by atoms with Crippen LogP contribution in [0.3, 0.4) is 0 Å². The summed E-state index contributed by atoms with van der Waals surface area (Å²) in [7, 11) is 0. The van der Waals surface area contributed by atoms with Crippen molar-refractivity contribution in [2.75, 3.05) is 19.6 Å². The average Bonchev–Trinajstić information content (AvgIpc) is 2.86. The molecule has 1 aromatic rings. The van der Waals surface area contributed by atoms with Gasteiger partial charge in [0.25, 0.3) is 0 Å². The molecule has 2 aliphatic heterocycles. The van der Waals surface area contributed by atoms with Gasteiger partial charge >= 0.3 is 6.03 Å². The minimum absolute atomic E-state index is 0. The molecule has 0 N–H and O–H groups in total. The molecule has 1 fully saturated rings. The number of hydrogen-bond donors (Lipinski definition) is 0. The molecule has 0 aliphatic carbocycles. The van der Waals surface area contributed by atoms with E-state index in [0.717, 1.165) is 25.3 Å². The van der Waals surface area contributed by atoms with Crippen molar-refractivity contribution in [3.05, 3.63) is 35.9 Å². The predicted molar refractivity (Wildman–Crippen MR) is 83.4 cm³/mol. The van der Waals surface area contributed by atoms with Gasteiger partial charge in [0, 0.05) is 6.54 Å². The van der Waals surface area contributed by atoms with Gasteiger partial charge in [-0.1, -0.05) is 30.3 Å². The molecule has 3 rings (SSSR count). The molecule has 0 aromatic heterocycles. The summed E-state index contributed by atoms with van der Waals surface area (Å²) in [5.74, 6) is 0.665. The smallest absolute Gasteiger partial charge is 0.297 e. The molecule has 106 valence electrons. The molecule has 4 nitrogen and oxygen atoms in total. The summed E-state index contributed by atoms with van der Waals surface area (Å²) in [5, 5.41) is 0. The monoisotopic (exact) mass is 291 g/mol. The number of amides is 2. The van der Waals surface area contributed by atoms with Crippen LogP contribution in [0, 0.1) is 0 Å². The number of carbonyl (C=O) groups excluding carboxylic acids is 1. The molecule has 1 aromatic carbocycles. The van der Waals surface area contributed by atoms with E-state index in [1.165, 1.54) is 18.4 Å². The number of benzene rings is 1. The van der Waals surface area contributed by atoms with E-state index in [4.69, 9.17) is 0 Å². The Bertz CT molecular complexity index is 519. The van der Waals surface area contributed by atoms with Crippen LogP contribution >= 0.6 is 12.4 Å². The van der Waals surface area contributed by atoms with Crippen molar-refractivity contribution in [1.29, 1.82) is 0 Å². The highest BCUT2D eigenvalue weighted by Gasteiger charge is 2.21. The fourth-order valence-electron chi connectivity index (χ4n) is 2.77. The maximum Gasteiger partial charge on any atom is 0.367 e. The second kappa shape index (κ2) is 6.77. The van der Waals surface area contributed by atoms with E-state index >= 15 is 0 Å². The van der Waals surface area contributed by atoms with Gasteiger partial charge in [-0.05, 0) is 37.4 Å². The van der Waals surface area contributed by atoms with Crippen molar-refractivity contribution < 1.29 is 4.79 Å². The fourth-order valence-corrected chi connectivity index (χ4v) is 2.77. The molecule has 2 amide bonds. The van der Waals surface area contributed by atoms with E-state index in [-0.39, 0.29) is 18.4 Å². The first-order chi connectivity index (χ1) is 9.31. The maximum absolute atomic E-state index is 10.9. The average molecular weight is 292 g/mol. The summed E-state index contributed by atoms with van der Waals surface area (Å²) in [6, 6.07) is 10.3.